The second-order valence-corrected chi connectivity index (χ2v) is 23.3. The molecule has 0 fully saturated rings. The lowest BCUT2D eigenvalue weighted by atomic mass is 9.81. The Morgan fingerprint density at radius 1 is 0.212 bits per heavy atom. The van der Waals surface area contributed by atoms with Gasteiger partial charge in [0.15, 0.2) is 0 Å². The van der Waals surface area contributed by atoms with E-state index in [0.29, 0.717) is 0 Å². The molecule has 12 aromatic carbocycles. The van der Waals surface area contributed by atoms with Gasteiger partial charge in [0.2, 0.25) is 0 Å². The third-order valence-electron chi connectivity index (χ3n) is 18.1. The molecule has 2 nitrogen and oxygen atoms in total. The lowest BCUT2D eigenvalue weighted by Gasteiger charge is -2.22. The zero-order valence-corrected chi connectivity index (χ0v) is 45.3. The van der Waals surface area contributed by atoms with Crippen molar-refractivity contribution in [2.24, 2.45) is 0 Å². The Kier molecular flexibility index (Phi) is 10.1. The van der Waals surface area contributed by atoms with E-state index >= 15 is 0 Å². The minimum absolute atomic E-state index is 0.138. The van der Waals surface area contributed by atoms with Gasteiger partial charge in [-0.15, -0.1) is 0 Å². The van der Waals surface area contributed by atoms with Gasteiger partial charge >= 0.3 is 0 Å². The van der Waals surface area contributed by atoms with Gasteiger partial charge in [-0.2, -0.15) is 0 Å². The van der Waals surface area contributed by atoms with Gasteiger partial charge in [0, 0.05) is 43.7 Å². The molecule has 0 saturated carbocycles. The molecule has 0 unspecified atom stereocenters. The first kappa shape index (κ1) is 46.3. The SMILES string of the molecule is CC1(C)c2ccccc2-c2ccc(-c3cc(-c4cc(-c5ccc6c(c5)C(C)(C)c5ccccc5-6)cc(-c5ccc6c7ccccc7n(-c7ccccc7)c6c5)c4)cc(-c4ccc5c6ccccc6n(-c6ccccc6)c5c4)c3)cc21. The summed E-state index contributed by atoms with van der Waals surface area (Å²) in [6, 6.07) is 100. The van der Waals surface area contributed by atoms with Crippen LogP contribution in [-0.2, 0) is 10.8 Å². The Morgan fingerprint density at radius 2 is 0.512 bits per heavy atom. The molecule has 2 aliphatic rings. The van der Waals surface area contributed by atoms with Gasteiger partial charge in [0.1, 0.15) is 0 Å². The zero-order valence-electron chi connectivity index (χ0n) is 45.3. The van der Waals surface area contributed by atoms with Crippen LogP contribution >= 0.6 is 0 Å². The maximum absolute atomic E-state index is 2.47. The molecule has 14 aromatic rings. The highest BCUT2D eigenvalue weighted by Gasteiger charge is 2.37. The number of aromatic nitrogens is 2. The summed E-state index contributed by atoms with van der Waals surface area (Å²) in [6.45, 7) is 9.53. The molecule has 0 bridgehead atoms. The van der Waals surface area contributed by atoms with E-state index < -0.39 is 0 Å². The van der Waals surface area contributed by atoms with Crippen molar-refractivity contribution in [2.45, 2.75) is 38.5 Å². The molecule has 2 aromatic heterocycles. The van der Waals surface area contributed by atoms with E-state index in [0.717, 1.165) is 11.4 Å². The first-order valence-corrected chi connectivity index (χ1v) is 28.1. The Balaban J connectivity index is 0.940. The standard InChI is InChI=1S/C78H56N2/c1-77(2)69-27-15-11-23-61(69)63-35-31-49(45-71(63)77)53-39-55(51-33-37-67-65-25-13-17-29-73(65)79(75(67)47-51)59-19-7-5-8-20-59)43-57(41-53)58-42-54(50-32-36-64-62-24-12-16-28-70(62)78(3,4)72(64)46-50)40-56(44-58)52-34-38-68-66-26-14-18-30-74(66)80(76(68)48-52)60-21-9-6-10-22-60/h5-48H,1-4H3. The monoisotopic (exact) mass is 1020 g/mol. The summed E-state index contributed by atoms with van der Waals surface area (Å²) in [4.78, 5) is 0. The van der Waals surface area contributed by atoms with Gasteiger partial charge in [0.05, 0.1) is 22.1 Å². The van der Waals surface area contributed by atoms with Crippen LogP contribution in [0.25, 0.3) is 133 Å². The highest BCUT2D eigenvalue weighted by molar-refractivity contribution is 6.12. The van der Waals surface area contributed by atoms with Gasteiger partial charge < -0.3 is 9.13 Å². The number of benzene rings is 12. The van der Waals surface area contributed by atoms with E-state index in [1.807, 2.05) is 0 Å². The van der Waals surface area contributed by atoms with Gasteiger partial charge in [0.25, 0.3) is 0 Å². The van der Waals surface area contributed by atoms with Crippen molar-refractivity contribution in [1.82, 2.24) is 9.13 Å². The van der Waals surface area contributed by atoms with Crippen LogP contribution in [0.5, 0.6) is 0 Å². The maximum Gasteiger partial charge on any atom is 0.0547 e. The fourth-order valence-corrected chi connectivity index (χ4v) is 14.0. The zero-order chi connectivity index (χ0) is 53.4. The van der Waals surface area contributed by atoms with Crippen LogP contribution in [-0.4, -0.2) is 9.13 Å². The maximum atomic E-state index is 2.47. The summed E-state index contributed by atoms with van der Waals surface area (Å²) in [5.41, 5.74) is 29.4. The normalized spacial score (nSPS) is 13.7. The second kappa shape index (κ2) is 17.4. The first-order valence-electron chi connectivity index (χ1n) is 28.1. The van der Waals surface area contributed by atoms with Crippen molar-refractivity contribution in [3.05, 3.63) is 289 Å². The fraction of sp³-hybridized carbons (Fsp3) is 0.0769. The minimum Gasteiger partial charge on any atom is -0.309 e. The third-order valence-corrected chi connectivity index (χ3v) is 18.1. The molecule has 2 aliphatic carbocycles. The summed E-state index contributed by atoms with van der Waals surface area (Å²) in [5, 5.41) is 4.98. The quantitative estimate of drug-likeness (QED) is 0.151. The van der Waals surface area contributed by atoms with Crippen LogP contribution in [0.3, 0.4) is 0 Å². The van der Waals surface area contributed by atoms with Gasteiger partial charge in [-0.1, -0.05) is 198 Å². The lowest BCUT2D eigenvalue weighted by molar-refractivity contribution is 0.660. The van der Waals surface area contributed by atoms with Crippen molar-refractivity contribution < 1.29 is 0 Å². The van der Waals surface area contributed by atoms with Crippen LogP contribution in [0.15, 0.2) is 267 Å². The number of rotatable bonds is 7. The van der Waals surface area contributed by atoms with Crippen LogP contribution in [0.2, 0.25) is 0 Å². The molecular formula is C78H56N2. The predicted octanol–water partition coefficient (Wildman–Crippen LogP) is 20.8. The number of nitrogens with zero attached hydrogens (tertiary/aromatic N) is 2. The van der Waals surface area contributed by atoms with Crippen LogP contribution in [0.4, 0.5) is 0 Å². The van der Waals surface area contributed by atoms with E-state index in [2.05, 4.69) is 304 Å². The van der Waals surface area contributed by atoms with E-state index in [1.165, 1.54) is 144 Å². The first-order chi connectivity index (χ1) is 39.2. The smallest absolute Gasteiger partial charge is 0.0547 e. The molecule has 0 spiro atoms. The molecule has 2 heteroatoms. The fourth-order valence-electron chi connectivity index (χ4n) is 14.0. The van der Waals surface area contributed by atoms with Crippen LogP contribution in [0, 0.1) is 0 Å². The average Bonchev–Trinajstić information content (AvgIpc) is 4.39. The minimum atomic E-state index is -0.138. The highest BCUT2D eigenvalue weighted by atomic mass is 15.0. The Labute approximate surface area is 467 Å². The topological polar surface area (TPSA) is 9.86 Å². The third kappa shape index (κ3) is 6.98. The molecule has 0 aliphatic heterocycles. The largest absolute Gasteiger partial charge is 0.309 e. The van der Waals surface area contributed by atoms with Crippen molar-refractivity contribution in [3.63, 3.8) is 0 Å². The molecule has 0 N–H and O–H groups in total. The predicted molar refractivity (Wildman–Crippen MR) is 337 cm³/mol. The molecule has 0 radical (unpaired) electrons. The van der Waals surface area contributed by atoms with E-state index in [4.69, 9.17) is 0 Å². The number of fused-ring (bicyclic) bond motifs is 12. The molecule has 16 rings (SSSR count). The average molecular weight is 1020 g/mol. The van der Waals surface area contributed by atoms with Gasteiger partial charge in [-0.25, -0.2) is 0 Å². The van der Waals surface area contributed by atoms with Gasteiger partial charge in [-0.05, 0) is 197 Å². The summed E-state index contributed by atoms with van der Waals surface area (Å²) >= 11 is 0. The number of hydrogen-bond acceptors (Lipinski definition) is 0. The second-order valence-electron chi connectivity index (χ2n) is 23.3. The molecule has 378 valence electrons. The van der Waals surface area contributed by atoms with E-state index in [9.17, 15) is 0 Å². The summed E-state index contributed by atoms with van der Waals surface area (Å²) < 4.78 is 4.86. The molecule has 0 atom stereocenters. The molecule has 2 heterocycles. The van der Waals surface area contributed by atoms with Crippen LogP contribution < -0.4 is 0 Å². The molecule has 0 amide bonds. The van der Waals surface area contributed by atoms with Gasteiger partial charge in [-0.3, -0.25) is 0 Å². The Morgan fingerprint density at radius 3 is 0.925 bits per heavy atom. The number of hydrogen-bond donors (Lipinski definition) is 0. The van der Waals surface area contributed by atoms with E-state index in [1.54, 1.807) is 0 Å². The molecular weight excluding hydrogens is 965 g/mol. The van der Waals surface area contributed by atoms with Crippen molar-refractivity contribution in [3.8, 4) is 89.3 Å². The summed E-state index contributed by atoms with van der Waals surface area (Å²) in [6.07, 6.45) is 0. The molecule has 0 saturated heterocycles. The van der Waals surface area contributed by atoms with E-state index in [-0.39, 0.29) is 10.8 Å². The number of para-hydroxylation sites is 4. The lowest BCUT2D eigenvalue weighted by Crippen LogP contribution is -2.14. The Bertz CT molecular complexity index is 4560. The summed E-state index contributed by atoms with van der Waals surface area (Å²) in [7, 11) is 0. The highest BCUT2D eigenvalue weighted by Crippen LogP contribution is 2.52. The summed E-state index contributed by atoms with van der Waals surface area (Å²) in [5.74, 6) is 0. The van der Waals surface area contributed by atoms with Crippen molar-refractivity contribution >= 4 is 43.6 Å². The van der Waals surface area contributed by atoms with Crippen molar-refractivity contribution in [1.29, 1.82) is 0 Å². The van der Waals surface area contributed by atoms with Crippen LogP contribution in [0.1, 0.15) is 49.9 Å². The Hall–Kier alpha value is -9.76. The van der Waals surface area contributed by atoms with Crippen molar-refractivity contribution in [2.75, 3.05) is 0 Å². The molecule has 80 heavy (non-hydrogen) atoms.